The highest BCUT2D eigenvalue weighted by Gasteiger charge is 2.25. The summed E-state index contributed by atoms with van der Waals surface area (Å²) in [6.07, 6.45) is 4.97. The Labute approximate surface area is 165 Å². The molecule has 2 heterocycles. The van der Waals surface area contributed by atoms with Crippen LogP contribution in [0.5, 0.6) is 0 Å². The van der Waals surface area contributed by atoms with Crippen molar-refractivity contribution in [1.29, 1.82) is 0 Å². The summed E-state index contributed by atoms with van der Waals surface area (Å²) in [7, 11) is 0. The molecule has 26 heavy (non-hydrogen) atoms. The number of fused-ring (bicyclic) bond motifs is 3. The number of thiophene rings is 1. The third-order valence-electron chi connectivity index (χ3n) is 4.71. The van der Waals surface area contributed by atoms with Crippen molar-refractivity contribution < 1.29 is 0 Å². The Morgan fingerprint density at radius 2 is 2.19 bits per heavy atom. The average Bonchev–Trinajstić information content (AvgIpc) is 2.98. The lowest BCUT2D eigenvalue weighted by Crippen LogP contribution is -2.22. The first-order valence-electron chi connectivity index (χ1n) is 8.65. The summed E-state index contributed by atoms with van der Waals surface area (Å²) in [5, 5.41) is 2.16. The van der Waals surface area contributed by atoms with Gasteiger partial charge in [0.1, 0.15) is 4.83 Å². The molecule has 0 fully saturated rings. The van der Waals surface area contributed by atoms with Crippen molar-refractivity contribution in [2.45, 2.75) is 31.3 Å². The van der Waals surface area contributed by atoms with Crippen LogP contribution in [0.15, 0.2) is 46.9 Å². The summed E-state index contributed by atoms with van der Waals surface area (Å²) in [5.74, 6) is 1.37. The Morgan fingerprint density at radius 3 is 2.92 bits per heavy atom. The second kappa shape index (κ2) is 7.22. The highest BCUT2D eigenvalue weighted by atomic mass is 35.5. The molecule has 0 unspecified atom stereocenters. The molecule has 134 valence electrons. The molecule has 0 saturated carbocycles. The van der Waals surface area contributed by atoms with Gasteiger partial charge in [-0.3, -0.25) is 9.36 Å². The Hall–Kier alpha value is -1.56. The molecule has 0 aliphatic heterocycles. The lowest BCUT2D eigenvalue weighted by atomic mass is 9.89. The average molecular weight is 403 g/mol. The van der Waals surface area contributed by atoms with E-state index in [2.05, 4.69) is 13.5 Å². The van der Waals surface area contributed by atoms with Gasteiger partial charge in [-0.1, -0.05) is 36.4 Å². The van der Waals surface area contributed by atoms with Crippen LogP contribution in [0.1, 0.15) is 23.8 Å². The third kappa shape index (κ3) is 3.13. The molecule has 4 rings (SSSR count). The van der Waals surface area contributed by atoms with Gasteiger partial charge in [0.25, 0.3) is 5.56 Å². The van der Waals surface area contributed by atoms with Gasteiger partial charge in [-0.2, -0.15) is 0 Å². The predicted octanol–water partition coefficient (Wildman–Crippen LogP) is 5.50. The maximum absolute atomic E-state index is 13.5. The minimum atomic E-state index is 0.0240. The van der Waals surface area contributed by atoms with Crippen molar-refractivity contribution in [3.8, 4) is 5.69 Å². The van der Waals surface area contributed by atoms with E-state index in [9.17, 15) is 4.79 Å². The van der Waals surface area contributed by atoms with Gasteiger partial charge in [-0.15, -0.1) is 17.9 Å². The fraction of sp³-hybridized carbons (Fsp3) is 0.300. The van der Waals surface area contributed by atoms with Crippen molar-refractivity contribution in [3.63, 3.8) is 0 Å². The number of aryl methyl sites for hydroxylation is 1. The molecule has 1 aliphatic carbocycles. The number of benzene rings is 1. The van der Waals surface area contributed by atoms with E-state index in [0.717, 1.165) is 35.2 Å². The Kier molecular flexibility index (Phi) is 4.95. The minimum Gasteiger partial charge on any atom is -0.268 e. The topological polar surface area (TPSA) is 34.9 Å². The second-order valence-electron chi connectivity index (χ2n) is 6.64. The van der Waals surface area contributed by atoms with Crippen molar-refractivity contribution in [1.82, 2.24) is 9.55 Å². The number of thioether (sulfide) groups is 1. The molecule has 1 atom stereocenters. The van der Waals surface area contributed by atoms with Crippen molar-refractivity contribution in [3.05, 3.63) is 62.7 Å². The van der Waals surface area contributed by atoms with Gasteiger partial charge in [0, 0.05) is 15.7 Å². The molecule has 0 N–H and O–H groups in total. The summed E-state index contributed by atoms with van der Waals surface area (Å²) in [6.45, 7) is 6.06. The van der Waals surface area contributed by atoms with Crippen LogP contribution in [0.2, 0.25) is 5.02 Å². The molecule has 0 saturated heterocycles. The number of aromatic nitrogens is 2. The number of halogens is 1. The molecule has 1 aromatic carbocycles. The maximum Gasteiger partial charge on any atom is 0.267 e. The molecule has 0 radical (unpaired) electrons. The van der Waals surface area contributed by atoms with Gasteiger partial charge in [0.2, 0.25) is 0 Å². The van der Waals surface area contributed by atoms with Crippen LogP contribution in [0, 0.1) is 5.92 Å². The Balaban J connectivity index is 1.98. The van der Waals surface area contributed by atoms with Crippen LogP contribution >= 0.6 is 34.7 Å². The standard InChI is InChI=1S/C20H19ClN2OS2/c1-3-10-25-20-22-18-17(15-9-4-12(2)11-16(15)26-18)19(24)23(20)14-7-5-13(21)6-8-14/h3,5-8,12H,1,4,9-11H2,2H3/t12-/m0/s1. The first-order chi connectivity index (χ1) is 12.6. The van der Waals surface area contributed by atoms with Crippen LogP contribution in [0.3, 0.4) is 0 Å². The zero-order chi connectivity index (χ0) is 18.3. The Morgan fingerprint density at radius 1 is 1.42 bits per heavy atom. The molecule has 3 aromatic rings. The van der Waals surface area contributed by atoms with E-state index in [1.54, 1.807) is 28.0 Å². The van der Waals surface area contributed by atoms with Crippen LogP contribution in [0.25, 0.3) is 15.9 Å². The minimum absolute atomic E-state index is 0.0240. The van der Waals surface area contributed by atoms with Crippen molar-refractivity contribution >= 4 is 44.9 Å². The van der Waals surface area contributed by atoms with Gasteiger partial charge in [-0.05, 0) is 55.0 Å². The van der Waals surface area contributed by atoms with Gasteiger partial charge in [-0.25, -0.2) is 4.98 Å². The third-order valence-corrected chi connectivity index (χ3v) is 7.05. The molecule has 3 nitrogen and oxygen atoms in total. The van der Waals surface area contributed by atoms with Crippen LogP contribution in [-0.2, 0) is 12.8 Å². The number of nitrogens with zero attached hydrogens (tertiary/aromatic N) is 2. The lowest BCUT2D eigenvalue weighted by Gasteiger charge is -2.17. The molecule has 2 aromatic heterocycles. The molecule has 0 spiro atoms. The zero-order valence-corrected chi connectivity index (χ0v) is 16.9. The van der Waals surface area contributed by atoms with E-state index in [-0.39, 0.29) is 5.56 Å². The lowest BCUT2D eigenvalue weighted by molar-refractivity contribution is 0.509. The van der Waals surface area contributed by atoms with Crippen LogP contribution in [-0.4, -0.2) is 15.3 Å². The number of hydrogen-bond donors (Lipinski definition) is 0. The summed E-state index contributed by atoms with van der Waals surface area (Å²) in [6, 6.07) is 7.35. The van der Waals surface area contributed by atoms with Gasteiger partial charge < -0.3 is 0 Å². The van der Waals surface area contributed by atoms with E-state index in [0.29, 0.717) is 21.8 Å². The number of rotatable bonds is 4. The fourth-order valence-electron chi connectivity index (χ4n) is 3.42. The van der Waals surface area contributed by atoms with E-state index < -0.39 is 0 Å². The number of hydrogen-bond acceptors (Lipinski definition) is 4. The van der Waals surface area contributed by atoms with Crippen molar-refractivity contribution in [2.75, 3.05) is 5.75 Å². The van der Waals surface area contributed by atoms with Gasteiger partial charge >= 0.3 is 0 Å². The summed E-state index contributed by atoms with van der Waals surface area (Å²) < 4.78 is 1.72. The quantitative estimate of drug-likeness (QED) is 0.328. The van der Waals surface area contributed by atoms with E-state index in [1.807, 2.05) is 18.2 Å². The first kappa shape index (κ1) is 17.8. The van der Waals surface area contributed by atoms with E-state index in [4.69, 9.17) is 16.6 Å². The van der Waals surface area contributed by atoms with Gasteiger partial charge in [0.05, 0.1) is 11.1 Å². The molecule has 1 aliphatic rings. The highest BCUT2D eigenvalue weighted by molar-refractivity contribution is 7.99. The highest BCUT2D eigenvalue weighted by Crippen LogP contribution is 2.37. The molecule has 0 bridgehead atoms. The zero-order valence-electron chi connectivity index (χ0n) is 14.5. The summed E-state index contributed by atoms with van der Waals surface area (Å²) in [4.78, 5) is 20.5. The first-order valence-corrected chi connectivity index (χ1v) is 10.8. The largest absolute Gasteiger partial charge is 0.268 e. The van der Waals surface area contributed by atoms with Crippen LogP contribution in [0.4, 0.5) is 0 Å². The molecule has 0 amide bonds. The monoisotopic (exact) mass is 402 g/mol. The van der Waals surface area contributed by atoms with Gasteiger partial charge in [0.15, 0.2) is 5.16 Å². The van der Waals surface area contributed by atoms with Crippen LogP contribution < -0.4 is 5.56 Å². The molecule has 6 heteroatoms. The second-order valence-corrected chi connectivity index (χ2v) is 9.15. The summed E-state index contributed by atoms with van der Waals surface area (Å²) in [5.41, 5.74) is 2.03. The summed E-state index contributed by atoms with van der Waals surface area (Å²) >= 11 is 9.24. The van der Waals surface area contributed by atoms with Crippen molar-refractivity contribution in [2.24, 2.45) is 5.92 Å². The normalized spacial score (nSPS) is 16.6. The van der Waals surface area contributed by atoms with E-state index >= 15 is 0 Å². The SMILES string of the molecule is C=CCSc1nc2sc3c(c2c(=O)n1-c1ccc(Cl)cc1)CC[C@H](C)C3. The smallest absolute Gasteiger partial charge is 0.267 e. The molecular weight excluding hydrogens is 384 g/mol. The maximum atomic E-state index is 13.5. The van der Waals surface area contributed by atoms with E-state index in [1.165, 1.54) is 22.2 Å². The Bertz CT molecular complexity index is 1040. The molecular formula is C20H19ClN2OS2. The fourth-order valence-corrected chi connectivity index (χ4v) is 5.72. The predicted molar refractivity (Wildman–Crippen MR) is 112 cm³/mol.